The number of nitrogens with zero attached hydrogens (tertiary/aromatic N) is 3. The molecule has 1 unspecified atom stereocenters. The van der Waals surface area contributed by atoms with Crippen molar-refractivity contribution in [3.63, 3.8) is 0 Å². The van der Waals surface area contributed by atoms with Crippen molar-refractivity contribution in [2.75, 3.05) is 0 Å². The normalized spacial score (nSPS) is 13.2. The third-order valence-corrected chi connectivity index (χ3v) is 5.32. The maximum Gasteiger partial charge on any atom is 0.421 e. The molecule has 1 aromatic carbocycles. The number of carbonyl (C=O) groups is 2. The summed E-state index contributed by atoms with van der Waals surface area (Å²) in [4.78, 5) is 39.4. The zero-order valence-corrected chi connectivity index (χ0v) is 21.1. The van der Waals surface area contributed by atoms with Crippen LogP contribution in [0, 0.1) is 10.1 Å². The first kappa shape index (κ1) is 32.0. The molecule has 15 heteroatoms. The highest BCUT2D eigenvalue weighted by Crippen LogP contribution is 2.39. The van der Waals surface area contributed by atoms with Crippen LogP contribution in [-0.2, 0) is 22.3 Å². The van der Waals surface area contributed by atoms with Gasteiger partial charge in [0.05, 0.1) is 17.6 Å². The van der Waals surface area contributed by atoms with Gasteiger partial charge in [0.1, 0.15) is 5.56 Å². The maximum atomic E-state index is 14.6. The summed E-state index contributed by atoms with van der Waals surface area (Å²) in [6.07, 6.45) is -6.83. The Balaban J connectivity index is 2.52. The van der Waals surface area contributed by atoms with Crippen LogP contribution in [0.1, 0.15) is 41.4 Å². The predicted octanol–water partition coefficient (Wildman–Crippen LogP) is 4.99. The smallest absolute Gasteiger partial charge is 0.421 e. The minimum atomic E-state index is -5.20. The van der Waals surface area contributed by atoms with Crippen LogP contribution in [0.2, 0.25) is 0 Å². The lowest BCUT2D eigenvalue weighted by molar-refractivity contribution is -0.385. The maximum absolute atomic E-state index is 14.6. The van der Waals surface area contributed by atoms with Crippen LogP contribution in [0.4, 0.5) is 27.6 Å². The molecule has 2 atom stereocenters. The van der Waals surface area contributed by atoms with Gasteiger partial charge in [0.2, 0.25) is 17.7 Å². The summed E-state index contributed by atoms with van der Waals surface area (Å²) in [5.41, 5.74) is -4.17. The number of aromatic nitrogens is 1. The number of pyridine rings is 1. The minimum absolute atomic E-state index is 0.0180. The van der Waals surface area contributed by atoms with Crippen molar-refractivity contribution in [1.29, 1.82) is 0 Å². The molecule has 0 bridgehead atoms. The van der Waals surface area contributed by atoms with Crippen LogP contribution < -0.4 is 10.6 Å². The van der Waals surface area contributed by atoms with Gasteiger partial charge in [0, 0.05) is 6.07 Å². The number of nitro groups is 1. The van der Waals surface area contributed by atoms with Gasteiger partial charge in [-0.1, -0.05) is 43.0 Å². The number of hydrogen-bond acceptors (Lipinski definition) is 8. The molecule has 1 aromatic heterocycles. The second kappa shape index (κ2) is 13.2. The molecule has 0 radical (unpaired) electrons. The van der Waals surface area contributed by atoms with Crippen LogP contribution in [-0.4, -0.2) is 44.9 Å². The molecule has 0 saturated heterocycles. The van der Waals surface area contributed by atoms with Gasteiger partial charge in [-0.25, -0.2) is 15.8 Å². The van der Waals surface area contributed by atoms with Gasteiger partial charge >= 0.3 is 23.7 Å². The Hall–Kier alpha value is -4.24. The fourth-order valence-corrected chi connectivity index (χ4v) is 3.23. The number of alkyl halides is 5. The Bertz CT molecular complexity index is 1260. The van der Waals surface area contributed by atoms with E-state index >= 15 is 0 Å². The molecule has 0 saturated carbocycles. The molecule has 1 heterocycles. The van der Waals surface area contributed by atoms with E-state index in [0.29, 0.717) is 12.0 Å². The van der Waals surface area contributed by atoms with Crippen molar-refractivity contribution < 1.29 is 45.9 Å². The number of benzene rings is 1. The largest absolute Gasteiger partial charge is 0.474 e. The van der Waals surface area contributed by atoms with Gasteiger partial charge in [-0.2, -0.15) is 22.0 Å². The van der Waals surface area contributed by atoms with E-state index in [1.807, 2.05) is 0 Å². The van der Waals surface area contributed by atoms with Gasteiger partial charge in [0.15, 0.2) is 0 Å². The third kappa shape index (κ3) is 7.89. The van der Waals surface area contributed by atoms with Crippen LogP contribution >= 0.6 is 0 Å². The average Bonchev–Trinajstić information content (AvgIpc) is 2.90. The molecule has 2 rings (SSSR count). The zero-order chi connectivity index (χ0) is 30.3. The van der Waals surface area contributed by atoms with E-state index in [1.165, 1.54) is 25.1 Å². The van der Waals surface area contributed by atoms with Gasteiger partial charge in [-0.05, 0) is 31.4 Å². The number of imide groups is 1. The van der Waals surface area contributed by atoms with Gasteiger partial charge in [-0.3, -0.25) is 19.7 Å². The number of ether oxygens (including phenoxy) is 2. The Morgan fingerprint density at radius 2 is 1.82 bits per heavy atom. The van der Waals surface area contributed by atoms with Crippen LogP contribution in [0.15, 0.2) is 61.7 Å². The van der Waals surface area contributed by atoms with Crippen molar-refractivity contribution in [1.82, 2.24) is 9.99 Å². The van der Waals surface area contributed by atoms with Crippen molar-refractivity contribution in [2.24, 2.45) is 5.84 Å². The van der Waals surface area contributed by atoms with Gasteiger partial charge < -0.3 is 9.47 Å². The van der Waals surface area contributed by atoms with Crippen molar-refractivity contribution in [3.05, 3.63) is 88.6 Å². The zero-order valence-electron chi connectivity index (χ0n) is 21.1. The van der Waals surface area contributed by atoms with E-state index in [1.54, 1.807) is 18.2 Å². The first-order valence-corrected chi connectivity index (χ1v) is 11.5. The molecule has 40 heavy (non-hydrogen) atoms. The molecule has 216 valence electrons. The highest BCUT2D eigenvalue weighted by molar-refractivity contribution is 6.06. The quantitative estimate of drug-likeness (QED) is 0.0885. The number of rotatable bonds is 13. The molecule has 0 spiro atoms. The highest BCUT2D eigenvalue weighted by Gasteiger charge is 2.47. The summed E-state index contributed by atoms with van der Waals surface area (Å²) in [5.74, 6) is -3.56. The van der Waals surface area contributed by atoms with E-state index in [0.717, 1.165) is 0 Å². The SMILES string of the molecule is C=CCC[C@@H](C)Oc1nc(C(=O)N(N)C(=O)C(OCc2ccccc2)C(F)(F)C=C)c([N+](=O)[O-])cc1C(F)(F)F. The molecule has 2 amide bonds. The summed E-state index contributed by atoms with van der Waals surface area (Å²) in [7, 11) is 0. The molecule has 0 fully saturated rings. The minimum Gasteiger partial charge on any atom is -0.474 e. The van der Waals surface area contributed by atoms with E-state index in [2.05, 4.69) is 18.1 Å². The van der Waals surface area contributed by atoms with Crippen LogP contribution in [0.5, 0.6) is 5.88 Å². The highest BCUT2D eigenvalue weighted by atomic mass is 19.4. The molecule has 2 N–H and O–H groups in total. The lowest BCUT2D eigenvalue weighted by Gasteiger charge is -2.26. The topological polar surface area (TPSA) is 138 Å². The second-order valence-electron chi connectivity index (χ2n) is 8.33. The molecule has 10 nitrogen and oxygen atoms in total. The summed E-state index contributed by atoms with van der Waals surface area (Å²) in [5, 5.41) is 11.1. The average molecular weight is 572 g/mol. The van der Waals surface area contributed by atoms with Gasteiger partial charge in [0.25, 0.3) is 5.91 Å². The lowest BCUT2D eigenvalue weighted by atomic mass is 10.1. The molecular formula is C25H25F5N4O6. The van der Waals surface area contributed by atoms with Gasteiger partial charge in [-0.15, -0.1) is 6.58 Å². The number of amides is 2. The fourth-order valence-electron chi connectivity index (χ4n) is 3.23. The Morgan fingerprint density at radius 3 is 2.35 bits per heavy atom. The van der Waals surface area contributed by atoms with E-state index in [9.17, 15) is 41.7 Å². The lowest BCUT2D eigenvalue weighted by Crippen LogP contribution is -2.54. The molecule has 0 aliphatic rings. The fraction of sp³-hybridized carbons (Fsp3) is 0.320. The van der Waals surface area contributed by atoms with E-state index in [-0.39, 0.29) is 18.6 Å². The Labute approximate surface area is 225 Å². The van der Waals surface area contributed by atoms with Crippen molar-refractivity contribution in [2.45, 2.75) is 50.7 Å². The second-order valence-corrected chi connectivity index (χ2v) is 8.33. The number of halogens is 5. The number of nitrogens with two attached hydrogens (primary N) is 1. The molecule has 0 aliphatic carbocycles. The molecule has 2 aromatic rings. The van der Waals surface area contributed by atoms with Crippen LogP contribution in [0.3, 0.4) is 0 Å². The molecular weight excluding hydrogens is 547 g/mol. The predicted molar refractivity (Wildman–Crippen MR) is 131 cm³/mol. The number of hydrazine groups is 1. The number of carbonyl (C=O) groups excluding carboxylic acids is 2. The van der Waals surface area contributed by atoms with Crippen molar-refractivity contribution in [3.8, 4) is 5.88 Å². The van der Waals surface area contributed by atoms with Crippen LogP contribution in [0.25, 0.3) is 0 Å². The summed E-state index contributed by atoms with van der Waals surface area (Å²) in [6.45, 7) is 7.24. The van der Waals surface area contributed by atoms with E-state index < -0.39 is 75.5 Å². The first-order valence-electron chi connectivity index (χ1n) is 11.5. The monoisotopic (exact) mass is 572 g/mol. The van der Waals surface area contributed by atoms with E-state index in [4.69, 9.17) is 15.3 Å². The number of hydrogen-bond donors (Lipinski definition) is 1. The molecule has 0 aliphatic heterocycles. The summed E-state index contributed by atoms with van der Waals surface area (Å²) in [6, 6.07) is 7.72. The Kier molecular flexibility index (Phi) is 10.6. The third-order valence-electron chi connectivity index (χ3n) is 5.32. The first-order chi connectivity index (χ1) is 18.6. The standard InChI is InChI=1S/C25H25F5N4O6/c1-4-6-10-15(3)40-21-17(25(28,29)30)13-18(34(37)38)19(32-21)22(35)33(31)23(36)20(24(26,27)5-2)39-14-16-11-8-7-9-12-16/h4-5,7-9,11-13,15,20H,1-2,6,10,14,31H2,3H3/t15-,20?/m1/s1. The summed E-state index contributed by atoms with van der Waals surface area (Å²) < 4.78 is 80.4. The Morgan fingerprint density at radius 1 is 1.20 bits per heavy atom. The number of allylic oxidation sites excluding steroid dienone is 1. The van der Waals surface area contributed by atoms with Crippen molar-refractivity contribution >= 4 is 17.5 Å². The summed E-state index contributed by atoms with van der Waals surface area (Å²) >= 11 is 0.